The van der Waals surface area contributed by atoms with Gasteiger partial charge in [0.15, 0.2) is 17.3 Å². The second kappa shape index (κ2) is 8.43. The van der Waals surface area contributed by atoms with E-state index in [9.17, 15) is 8.42 Å². The fraction of sp³-hybridized carbons (Fsp3) is 0.235. The summed E-state index contributed by atoms with van der Waals surface area (Å²) < 4.78 is 38.7. The van der Waals surface area contributed by atoms with E-state index in [4.69, 9.17) is 20.4 Å². The molecule has 2 rings (SSSR count). The van der Waals surface area contributed by atoms with Gasteiger partial charge in [-0.15, -0.1) is 0 Å². The second-order valence-electron chi connectivity index (χ2n) is 5.15. The molecule has 8 nitrogen and oxygen atoms in total. The molecule has 0 fully saturated rings. The molecule has 0 saturated heterocycles. The Hall–Kier alpha value is -2.94. The zero-order valence-electron chi connectivity index (χ0n) is 14.5. The molecular weight excluding hydrogens is 358 g/mol. The van der Waals surface area contributed by atoms with Gasteiger partial charge in [0, 0.05) is 17.3 Å². The average molecular weight is 379 g/mol. The Balaban J connectivity index is 2.34. The number of nitrogens with two attached hydrogens (primary N) is 1. The first-order valence-electron chi connectivity index (χ1n) is 7.91. The number of hydrogen-bond acceptors (Lipinski definition) is 6. The molecule has 0 radical (unpaired) electrons. The fourth-order valence-corrected chi connectivity index (χ4v) is 3.28. The Morgan fingerprint density at radius 1 is 1.12 bits per heavy atom. The molecule has 140 valence electrons. The molecule has 0 spiro atoms. The molecule has 2 aromatic rings. The highest BCUT2D eigenvalue weighted by Gasteiger charge is 2.18. The summed E-state index contributed by atoms with van der Waals surface area (Å²) in [6.07, 6.45) is 0. The maximum absolute atomic E-state index is 12.7. The van der Waals surface area contributed by atoms with Gasteiger partial charge in [-0.25, -0.2) is 8.42 Å². The molecule has 0 aliphatic heterocycles. The van der Waals surface area contributed by atoms with E-state index in [-0.39, 0.29) is 16.4 Å². The molecule has 0 aromatic heterocycles. The molecule has 0 amide bonds. The number of ether oxygens (including phenoxy) is 2. The van der Waals surface area contributed by atoms with Crippen molar-refractivity contribution in [2.75, 3.05) is 17.9 Å². The van der Waals surface area contributed by atoms with Gasteiger partial charge in [0.1, 0.15) is 0 Å². The van der Waals surface area contributed by atoms with Crippen LogP contribution in [0.15, 0.2) is 52.5 Å². The topological polar surface area (TPSA) is 123 Å². The lowest BCUT2D eigenvalue weighted by Crippen LogP contribution is -2.16. The Morgan fingerprint density at radius 2 is 1.81 bits per heavy atom. The van der Waals surface area contributed by atoms with Crippen LogP contribution in [0.4, 0.5) is 5.69 Å². The fourth-order valence-electron chi connectivity index (χ4n) is 2.21. The van der Waals surface area contributed by atoms with Gasteiger partial charge in [0.05, 0.1) is 18.1 Å². The molecule has 0 unspecified atom stereocenters. The SMILES string of the molecule is CCOc1ccc(S(=O)(=O)Nc2cccc(/C(N)=N/O)c2)cc1OCC. The summed E-state index contributed by atoms with van der Waals surface area (Å²) in [5.41, 5.74) is 6.19. The van der Waals surface area contributed by atoms with Crippen molar-refractivity contribution in [2.45, 2.75) is 18.7 Å². The minimum Gasteiger partial charge on any atom is -0.490 e. The molecule has 0 aliphatic rings. The van der Waals surface area contributed by atoms with Crippen molar-refractivity contribution < 1.29 is 23.1 Å². The largest absolute Gasteiger partial charge is 0.490 e. The van der Waals surface area contributed by atoms with Gasteiger partial charge < -0.3 is 20.4 Å². The summed E-state index contributed by atoms with van der Waals surface area (Å²) in [7, 11) is -3.86. The predicted molar refractivity (Wildman–Crippen MR) is 98.5 cm³/mol. The van der Waals surface area contributed by atoms with Crippen molar-refractivity contribution >= 4 is 21.5 Å². The number of nitrogens with one attached hydrogen (secondary N) is 1. The number of rotatable bonds is 8. The third-order valence-electron chi connectivity index (χ3n) is 3.34. The highest BCUT2D eigenvalue weighted by molar-refractivity contribution is 7.92. The number of hydrogen-bond donors (Lipinski definition) is 3. The van der Waals surface area contributed by atoms with Crippen LogP contribution in [0.5, 0.6) is 11.5 Å². The van der Waals surface area contributed by atoms with E-state index in [1.165, 1.54) is 18.2 Å². The first kappa shape index (κ1) is 19.4. The van der Waals surface area contributed by atoms with E-state index >= 15 is 0 Å². The normalized spacial score (nSPS) is 11.8. The van der Waals surface area contributed by atoms with Crippen LogP contribution in [0.2, 0.25) is 0 Å². The summed E-state index contributed by atoms with van der Waals surface area (Å²) >= 11 is 0. The highest BCUT2D eigenvalue weighted by atomic mass is 32.2. The van der Waals surface area contributed by atoms with Crippen LogP contribution in [0.3, 0.4) is 0 Å². The number of nitrogens with zero attached hydrogens (tertiary/aromatic N) is 1. The summed E-state index contributed by atoms with van der Waals surface area (Å²) in [6.45, 7) is 4.44. The maximum Gasteiger partial charge on any atom is 0.262 e. The number of sulfonamides is 1. The lowest BCUT2D eigenvalue weighted by molar-refractivity contribution is 0.287. The third kappa shape index (κ3) is 4.57. The minimum atomic E-state index is -3.86. The highest BCUT2D eigenvalue weighted by Crippen LogP contribution is 2.31. The molecule has 2 aromatic carbocycles. The quantitative estimate of drug-likeness (QED) is 0.280. The Morgan fingerprint density at radius 3 is 2.46 bits per heavy atom. The van der Waals surface area contributed by atoms with E-state index in [2.05, 4.69) is 9.88 Å². The zero-order chi connectivity index (χ0) is 19.2. The molecular formula is C17H21N3O5S. The van der Waals surface area contributed by atoms with E-state index in [1.807, 2.05) is 6.92 Å². The third-order valence-corrected chi connectivity index (χ3v) is 4.72. The van der Waals surface area contributed by atoms with Crippen molar-refractivity contribution in [1.29, 1.82) is 0 Å². The standard InChI is InChI=1S/C17H21N3O5S/c1-3-24-15-9-8-14(11-16(15)25-4-2)26(22,23)20-13-7-5-6-12(10-13)17(18)19-21/h5-11,20-21H,3-4H2,1-2H3,(H2,18,19). The van der Waals surface area contributed by atoms with E-state index in [0.29, 0.717) is 30.3 Å². The molecule has 0 saturated carbocycles. The van der Waals surface area contributed by atoms with Crippen LogP contribution in [0, 0.1) is 0 Å². The molecule has 0 atom stereocenters. The van der Waals surface area contributed by atoms with Gasteiger partial charge in [0.2, 0.25) is 0 Å². The summed E-state index contributed by atoms with van der Waals surface area (Å²) in [5, 5.41) is 11.6. The molecule has 0 heterocycles. The van der Waals surface area contributed by atoms with E-state index < -0.39 is 10.0 Å². The van der Waals surface area contributed by atoms with Crippen molar-refractivity contribution in [3.05, 3.63) is 48.0 Å². The van der Waals surface area contributed by atoms with Gasteiger partial charge in [-0.1, -0.05) is 17.3 Å². The van der Waals surface area contributed by atoms with Crippen molar-refractivity contribution in [2.24, 2.45) is 10.9 Å². The van der Waals surface area contributed by atoms with Crippen LogP contribution in [0.1, 0.15) is 19.4 Å². The van der Waals surface area contributed by atoms with Crippen molar-refractivity contribution in [3.8, 4) is 11.5 Å². The first-order chi connectivity index (χ1) is 12.4. The Bertz CT molecular complexity index is 897. The minimum absolute atomic E-state index is 0.0265. The lowest BCUT2D eigenvalue weighted by Gasteiger charge is -2.14. The van der Waals surface area contributed by atoms with Gasteiger partial charge in [-0.3, -0.25) is 4.72 Å². The van der Waals surface area contributed by atoms with Gasteiger partial charge in [-0.05, 0) is 38.1 Å². The molecule has 4 N–H and O–H groups in total. The Kier molecular flexibility index (Phi) is 6.29. The molecule has 9 heteroatoms. The summed E-state index contributed by atoms with van der Waals surface area (Å²) in [4.78, 5) is 0.0265. The van der Waals surface area contributed by atoms with Crippen LogP contribution >= 0.6 is 0 Å². The lowest BCUT2D eigenvalue weighted by atomic mass is 10.2. The number of amidine groups is 1. The molecule has 26 heavy (non-hydrogen) atoms. The van der Waals surface area contributed by atoms with Crippen LogP contribution in [-0.4, -0.2) is 32.7 Å². The van der Waals surface area contributed by atoms with Crippen LogP contribution in [0.25, 0.3) is 0 Å². The van der Waals surface area contributed by atoms with Crippen LogP contribution < -0.4 is 19.9 Å². The summed E-state index contributed by atoms with van der Waals surface area (Å²) in [5.74, 6) is 0.704. The van der Waals surface area contributed by atoms with E-state index in [1.54, 1.807) is 31.2 Å². The average Bonchev–Trinajstić information content (AvgIpc) is 2.62. The molecule has 0 aliphatic carbocycles. The van der Waals surface area contributed by atoms with Gasteiger partial charge in [-0.2, -0.15) is 0 Å². The van der Waals surface area contributed by atoms with Crippen molar-refractivity contribution in [1.82, 2.24) is 0 Å². The second-order valence-corrected chi connectivity index (χ2v) is 6.83. The predicted octanol–water partition coefficient (Wildman–Crippen LogP) is 2.38. The number of anilines is 1. The Labute approximate surface area is 152 Å². The van der Waals surface area contributed by atoms with Crippen molar-refractivity contribution in [3.63, 3.8) is 0 Å². The monoisotopic (exact) mass is 379 g/mol. The van der Waals surface area contributed by atoms with Crippen LogP contribution in [-0.2, 0) is 10.0 Å². The summed E-state index contributed by atoms with van der Waals surface area (Å²) in [6, 6.07) is 10.6. The number of benzene rings is 2. The smallest absolute Gasteiger partial charge is 0.262 e. The van der Waals surface area contributed by atoms with E-state index in [0.717, 1.165) is 0 Å². The maximum atomic E-state index is 12.7. The van der Waals surface area contributed by atoms with Gasteiger partial charge in [0.25, 0.3) is 10.0 Å². The molecule has 0 bridgehead atoms. The van der Waals surface area contributed by atoms with Gasteiger partial charge >= 0.3 is 0 Å². The number of oxime groups is 1. The first-order valence-corrected chi connectivity index (χ1v) is 9.40. The zero-order valence-corrected chi connectivity index (χ0v) is 15.3.